The predicted octanol–water partition coefficient (Wildman–Crippen LogP) is 2.86. The number of benzene rings is 2. The van der Waals surface area contributed by atoms with Gasteiger partial charge in [0.15, 0.2) is 0 Å². The lowest BCUT2D eigenvalue weighted by Crippen LogP contribution is -2.26. The summed E-state index contributed by atoms with van der Waals surface area (Å²) in [5, 5.41) is 0. The zero-order chi connectivity index (χ0) is 15.5. The van der Waals surface area contributed by atoms with Crippen molar-refractivity contribution in [2.45, 2.75) is 18.2 Å². The van der Waals surface area contributed by atoms with Gasteiger partial charge in [0.2, 0.25) is 10.0 Å². The molecule has 0 aliphatic rings. The second-order valence-corrected chi connectivity index (χ2v) is 7.35. The second kappa shape index (κ2) is 6.60. The molecule has 0 bridgehead atoms. The highest BCUT2D eigenvalue weighted by Gasteiger charge is 2.17. The van der Waals surface area contributed by atoms with Crippen LogP contribution in [-0.4, -0.2) is 15.0 Å². The van der Waals surface area contributed by atoms with E-state index < -0.39 is 10.0 Å². The molecule has 0 radical (unpaired) electrons. The minimum absolute atomic E-state index is 0.196. The van der Waals surface area contributed by atoms with Crippen LogP contribution in [0.25, 0.3) is 0 Å². The van der Waals surface area contributed by atoms with Gasteiger partial charge in [0.1, 0.15) is 0 Å². The number of nitrogens with one attached hydrogen (secondary N) is 1. The fourth-order valence-corrected chi connectivity index (χ4v) is 4.15. The van der Waals surface area contributed by atoms with E-state index in [1.807, 2.05) is 31.2 Å². The summed E-state index contributed by atoms with van der Waals surface area (Å²) in [6, 6.07) is 12.6. The number of aryl methyl sites for hydroxylation is 1. The van der Waals surface area contributed by atoms with Gasteiger partial charge in [-0.2, -0.15) is 0 Å². The molecule has 6 heteroatoms. The van der Waals surface area contributed by atoms with Crippen LogP contribution in [0.2, 0.25) is 0 Å². The van der Waals surface area contributed by atoms with Crippen LogP contribution in [0.4, 0.5) is 5.69 Å². The van der Waals surface area contributed by atoms with Crippen molar-refractivity contribution >= 4 is 31.6 Å². The van der Waals surface area contributed by atoms with Crippen LogP contribution < -0.4 is 10.5 Å². The molecule has 21 heavy (non-hydrogen) atoms. The summed E-state index contributed by atoms with van der Waals surface area (Å²) in [7, 11) is -3.54. The molecule has 0 unspecified atom stereocenters. The molecule has 0 aliphatic heterocycles. The largest absolute Gasteiger partial charge is 0.399 e. The predicted molar refractivity (Wildman–Crippen MR) is 88.6 cm³/mol. The number of halogens is 1. The number of rotatable bonds is 5. The first-order chi connectivity index (χ1) is 9.90. The third kappa shape index (κ3) is 4.06. The lowest BCUT2D eigenvalue weighted by molar-refractivity contribution is 0.581. The quantitative estimate of drug-likeness (QED) is 0.796. The van der Waals surface area contributed by atoms with Gasteiger partial charge in [0.05, 0.1) is 4.90 Å². The Labute approximate surface area is 133 Å². The topological polar surface area (TPSA) is 72.2 Å². The molecule has 0 aliphatic carbocycles. The van der Waals surface area contributed by atoms with E-state index in [2.05, 4.69) is 20.7 Å². The average Bonchev–Trinajstić information content (AvgIpc) is 2.40. The molecule has 4 nitrogen and oxygen atoms in total. The van der Waals surface area contributed by atoms with Gasteiger partial charge in [-0.1, -0.05) is 24.3 Å². The van der Waals surface area contributed by atoms with Crippen molar-refractivity contribution in [1.82, 2.24) is 4.72 Å². The van der Waals surface area contributed by atoms with E-state index in [4.69, 9.17) is 5.73 Å². The maximum atomic E-state index is 12.3. The molecular formula is C15H17BrN2O2S. The molecule has 0 saturated carbocycles. The molecule has 0 saturated heterocycles. The van der Waals surface area contributed by atoms with Crippen molar-refractivity contribution in [3.63, 3.8) is 0 Å². The SMILES string of the molecule is Cc1ccccc1CCNS(=O)(=O)c1ccc(N)cc1Br. The number of hydrogen-bond donors (Lipinski definition) is 2. The summed E-state index contributed by atoms with van der Waals surface area (Å²) in [6.07, 6.45) is 0.651. The Bertz CT molecular complexity index is 745. The smallest absolute Gasteiger partial charge is 0.241 e. The number of sulfonamides is 1. The first kappa shape index (κ1) is 16.0. The summed E-state index contributed by atoms with van der Waals surface area (Å²) in [5.74, 6) is 0. The second-order valence-electron chi connectivity index (χ2n) is 4.76. The zero-order valence-corrected chi connectivity index (χ0v) is 14.0. The van der Waals surface area contributed by atoms with Crippen molar-refractivity contribution in [2.75, 3.05) is 12.3 Å². The van der Waals surface area contributed by atoms with Crippen molar-refractivity contribution in [3.8, 4) is 0 Å². The highest BCUT2D eigenvalue weighted by molar-refractivity contribution is 9.10. The van der Waals surface area contributed by atoms with Crippen LogP contribution in [0.5, 0.6) is 0 Å². The van der Waals surface area contributed by atoms with E-state index in [1.165, 1.54) is 6.07 Å². The van der Waals surface area contributed by atoms with E-state index in [0.29, 0.717) is 23.1 Å². The van der Waals surface area contributed by atoms with Crippen LogP contribution in [0.1, 0.15) is 11.1 Å². The maximum Gasteiger partial charge on any atom is 0.241 e. The van der Waals surface area contributed by atoms with E-state index in [9.17, 15) is 8.42 Å². The fourth-order valence-electron chi connectivity index (χ4n) is 2.02. The molecule has 2 aromatic carbocycles. The lowest BCUT2D eigenvalue weighted by Gasteiger charge is -2.10. The molecule has 0 amide bonds. The molecule has 0 fully saturated rings. The molecule has 3 N–H and O–H groups in total. The van der Waals surface area contributed by atoms with Gasteiger partial charge in [-0.3, -0.25) is 0 Å². The summed E-state index contributed by atoms with van der Waals surface area (Å²) < 4.78 is 27.6. The van der Waals surface area contributed by atoms with Gasteiger partial charge in [-0.25, -0.2) is 13.1 Å². The van der Waals surface area contributed by atoms with Crippen molar-refractivity contribution < 1.29 is 8.42 Å². The molecule has 2 aromatic rings. The van der Waals surface area contributed by atoms with Gasteiger partial charge in [0, 0.05) is 16.7 Å². The molecule has 0 spiro atoms. The number of hydrogen-bond acceptors (Lipinski definition) is 3. The minimum Gasteiger partial charge on any atom is -0.399 e. The maximum absolute atomic E-state index is 12.3. The summed E-state index contributed by atoms with van der Waals surface area (Å²) >= 11 is 3.23. The van der Waals surface area contributed by atoms with Gasteiger partial charge in [-0.15, -0.1) is 0 Å². The molecule has 2 rings (SSSR count). The third-order valence-corrected chi connectivity index (χ3v) is 5.63. The summed E-state index contributed by atoms with van der Waals surface area (Å²) in [6.45, 7) is 2.37. The number of anilines is 1. The first-order valence-electron chi connectivity index (χ1n) is 6.49. The van der Waals surface area contributed by atoms with Gasteiger partial charge in [-0.05, 0) is 58.6 Å². The van der Waals surface area contributed by atoms with Crippen LogP contribution in [0.15, 0.2) is 51.8 Å². The Morgan fingerprint density at radius 1 is 1.19 bits per heavy atom. The standard InChI is InChI=1S/C15H17BrN2O2S/c1-11-4-2-3-5-12(11)8-9-18-21(19,20)15-7-6-13(17)10-14(15)16/h2-7,10,18H,8-9,17H2,1H3. The normalized spacial score (nSPS) is 11.5. The summed E-state index contributed by atoms with van der Waals surface area (Å²) in [5.41, 5.74) is 8.43. The lowest BCUT2D eigenvalue weighted by atomic mass is 10.1. The monoisotopic (exact) mass is 368 g/mol. The van der Waals surface area contributed by atoms with Crippen molar-refractivity contribution in [1.29, 1.82) is 0 Å². The summed E-state index contributed by atoms with van der Waals surface area (Å²) in [4.78, 5) is 0.196. The zero-order valence-electron chi connectivity index (χ0n) is 11.6. The van der Waals surface area contributed by atoms with Crippen LogP contribution in [0, 0.1) is 6.92 Å². The third-order valence-electron chi connectivity index (χ3n) is 3.19. The van der Waals surface area contributed by atoms with Crippen molar-refractivity contribution in [2.24, 2.45) is 0 Å². The van der Waals surface area contributed by atoms with Crippen LogP contribution in [0.3, 0.4) is 0 Å². The molecule has 0 aromatic heterocycles. The van der Waals surface area contributed by atoms with E-state index >= 15 is 0 Å². The Hall–Kier alpha value is -1.37. The van der Waals surface area contributed by atoms with E-state index in [0.717, 1.165) is 11.1 Å². The highest BCUT2D eigenvalue weighted by atomic mass is 79.9. The number of nitrogens with two attached hydrogens (primary N) is 1. The molecular weight excluding hydrogens is 352 g/mol. The Morgan fingerprint density at radius 2 is 1.90 bits per heavy atom. The van der Waals surface area contributed by atoms with E-state index in [-0.39, 0.29) is 4.90 Å². The van der Waals surface area contributed by atoms with Gasteiger partial charge >= 0.3 is 0 Å². The Balaban J connectivity index is 2.07. The molecule has 112 valence electrons. The number of nitrogen functional groups attached to an aromatic ring is 1. The van der Waals surface area contributed by atoms with Crippen LogP contribution in [-0.2, 0) is 16.4 Å². The van der Waals surface area contributed by atoms with Crippen LogP contribution >= 0.6 is 15.9 Å². The average molecular weight is 369 g/mol. The van der Waals surface area contributed by atoms with Crippen molar-refractivity contribution in [3.05, 3.63) is 58.1 Å². The fraction of sp³-hybridized carbons (Fsp3) is 0.200. The molecule has 0 atom stereocenters. The first-order valence-corrected chi connectivity index (χ1v) is 8.77. The van der Waals surface area contributed by atoms with E-state index in [1.54, 1.807) is 12.1 Å². The van der Waals surface area contributed by atoms with Gasteiger partial charge in [0.25, 0.3) is 0 Å². The van der Waals surface area contributed by atoms with Gasteiger partial charge < -0.3 is 5.73 Å². The Kier molecular flexibility index (Phi) is 5.03. The molecule has 0 heterocycles. The minimum atomic E-state index is -3.54. The Morgan fingerprint density at radius 3 is 2.57 bits per heavy atom. The highest BCUT2D eigenvalue weighted by Crippen LogP contribution is 2.24.